The third-order valence-corrected chi connectivity index (χ3v) is 9.90. The molecule has 0 N–H and O–H groups in total. The Bertz CT molecular complexity index is 1390. The summed E-state index contributed by atoms with van der Waals surface area (Å²) in [4.78, 5) is 4.79. The summed E-state index contributed by atoms with van der Waals surface area (Å²) < 4.78 is 6.64. The van der Waals surface area contributed by atoms with Crippen LogP contribution >= 0.6 is 8.58 Å². The van der Waals surface area contributed by atoms with Crippen molar-refractivity contribution in [3.05, 3.63) is 130 Å². The highest BCUT2D eigenvalue weighted by Crippen LogP contribution is 2.52. The Morgan fingerprint density at radius 1 is 0.789 bits per heavy atom. The van der Waals surface area contributed by atoms with Crippen molar-refractivity contribution in [3.8, 4) is 5.75 Å². The maximum atomic E-state index is 6.64. The zero-order valence-electron chi connectivity index (χ0n) is 23.6. The van der Waals surface area contributed by atoms with Gasteiger partial charge in [0.05, 0.1) is 5.71 Å². The van der Waals surface area contributed by atoms with Gasteiger partial charge in [0.2, 0.25) is 0 Å². The molecule has 1 unspecified atom stereocenters. The van der Waals surface area contributed by atoms with Crippen LogP contribution in [0.3, 0.4) is 0 Å². The van der Waals surface area contributed by atoms with Crippen molar-refractivity contribution in [2.24, 2.45) is 4.99 Å². The third kappa shape index (κ3) is 5.92. The lowest BCUT2D eigenvalue weighted by molar-refractivity contribution is 0.296. The Kier molecular flexibility index (Phi) is 9.18. The second kappa shape index (κ2) is 12.5. The van der Waals surface area contributed by atoms with E-state index in [2.05, 4.69) is 126 Å². The van der Waals surface area contributed by atoms with Gasteiger partial charge in [-0.15, -0.1) is 0 Å². The predicted molar refractivity (Wildman–Crippen MR) is 166 cm³/mol. The number of aryl methyl sites for hydroxylation is 3. The van der Waals surface area contributed by atoms with E-state index in [-0.39, 0.29) is 5.16 Å². The van der Waals surface area contributed by atoms with E-state index in [1.54, 1.807) is 0 Å². The van der Waals surface area contributed by atoms with E-state index in [0.717, 1.165) is 29.9 Å². The Balaban J connectivity index is 1.82. The first-order chi connectivity index (χ1) is 18.4. The molecule has 0 aromatic heterocycles. The summed E-state index contributed by atoms with van der Waals surface area (Å²) in [5.74, 6) is 1.04. The lowest BCUT2D eigenvalue weighted by Gasteiger charge is -2.36. The van der Waals surface area contributed by atoms with Crippen LogP contribution in [0.25, 0.3) is 0 Å². The van der Waals surface area contributed by atoms with Crippen molar-refractivity contribution in [2.75, 3.05) is 7.05 Å². The molecular formula is C35H40NOP. The van der Waals surface area contributed by atoms with Gasteiger partial charge in [0.15, 0.2) is 0 Å². The van der Waals surface area contributed by atoms with Crippen LogP contribution in [0.1, 0.15) is 65.6 Å². The summed E-state index contributed by atoms with van der Waals surface area (Å²) >= 11 is 0. The number of nitrogens with zero attached hydrogens (tertiary/aromatic N) is 1. The molecule has 0 heterocycles. The summed E-state index contributed by atoms with van der Waals surface area (Å²) in [7, 11) is 2.49. The van der Waals surface area contributed by atoms with Crippen molar-refractivity contribution in [3.63, 3.8) is 0 Å². The third-order valence-electron chi connectivity index (χ3n) is 7.53. The minimum Gasteiger partial charge on any atom is -0.488 e. The zero-order valence-corrected chi connectivity index (χ0v) is 24.6. The van der Waals surface area contributed by atoms with Crippen LogP contribution in [0, 0.1) is 20.8 Å². The molecule has 0 radical (unpaired) electrons. The Labute approximate surface area is 231 Å². The second-order valence-corrected chi connectivity index (χ2v) is 11.8. The first-order valence-corrected chi connectivity index (χ1v) is 14.6. The monoisotopic (exact) mass is 521 g/mol. The predicted octanol–water partition coefficient (Wildman–Crippen LogP) is 8.68. The fraction of sp³-hybridized carbons (Fsp3) is 0.286. The van der Waals surface area contributed by atoms with Crippen LogP contribution in [0.15, 0.2) is 96.0 Å². The van der Waals surface area contributed by atoms with E-state index >= 15 is 0 Å². The van der Waals surface area contributed by atoms with Crippen LogP contribution in [0.4, 0.5) is 0 Å². The molecule has 4 rings (SSSR count). The van der Waals surface area contributed by atoms with E-state index in [1.807, 2.05) is 7.05 Å². The summed E-state index contributed by atoms with van der Waals surface area (Å²) in [5.41, 5.74) is 9.77. The van der Waals surface area contributed by atoms with E-state index < -0.39 is 0 Å². The molecule has 0 amide bonds. The molecule has 3 heteroatoms. The van der Waals surface area contributed by atoms with Crippen molar-refractivity contribution in [1.29, 1.82) is 0 Å². The molecule has 0 aliphatic rings. The van der Waals surface area contributed by atoms with Crippen molar-refractivity contribution in [2.45, 2.75) is 59.2 Å². The normalized spacial score (nSPS) is 12.3. The molecule has 0 aliphatic heterocycles. The van der Waals surface area contributed by atoms with E-state index in [9.17, 15) is 0 Å². The van der Waals surface area contributed by atoms with Crippen molar-refractivity contribution in [1.82, 2.24) is 0 Å². The number of hydrogen-bond acceptors (Lipinski definition) is 2. The Morgan fingerprint density at radius 2 is 1.45 bits per heavy atom. The summed E-state index contributed by atoms with van der Waals surface area (Å²) in [6.07, 6.45) is 2.06. The Hall–Kier alpha value is -3.22. The summed E-state index contributed by atoms with van der Waals surface area (Å²) in [6.45, 7) is 11.9. The SMILES string of the molecule is CCC(CC)(Pc1c(C)cccc1C(=NC)c1ccccc1)c1cc(C)cc(C)c1OCc1ccccc1. The van der Waals surface area contributed by atoms with Gasteiger partial charge in [-0.3, -0.25) is 4.99 Å². The number of ether oxygens (including phenoxy) is 1. The van der Waals surface area contributed by atoms with Crippen molar-refractivity contribution < 1.29 is 4.74 Å². The summed E-state index contributed by atoms with van der Waals surface area (Å²) in [6, 6.07) is 32.3. The molecule has 0 saturated carbocycles. The maximum absolute atomic E-state index is 6.64. The lowest BCUT2D eigenvalue weighted by atomic mass is 9.89. The van der Waals surface area contributed by atoms with Crippen molar-refractivity contribution >= 4 is 19.6 Å². The number of hydrogen-bond donors (Lipinski definition) is 0. The van der Waals surface area contributed by atoms with Gasteiger partial charge in [-0.2, -0.15) is 0 Å². The van der Waals surface area contributed by atoms with E-state index in [0.29, 0.717) is 15.2 Å². The lowest BCUT2D eigenvalue weighted by Crippen LogP contribution is -2.27. The second-order valence-electron chi connectivity index (χ2n) is 10.1. The highest BCUT2D eigenvalue weighted by atomic mass is 31.1. The molecule has 196 valence electrons. The van der Waals surface area contributed by atoms with Gasteiger partial charge in [-0.05, 0) is 55.6 Å². The van der Waals surface area contributed by atoms with E-state index in [1.165, 1.54) is 38.7 Å². The van der Waals surface area contributed by atoms with Gasteiger partial charge in [0, 0.05) is 28.9 Å². The number of benzene rings is 4. The largest absolute Gasteiger partial charge is 0.488 e. The first-order valence-electron chi connectivity index (χ1n) is 13.6. The average Bonchev–Trinajstić information content (AvgIpc) is 2.94. The first kappa shape index (κ1) is 27.8. The minimum atomic E-state index is -0.0425. The smallest absolute Gasteiger partial charge is 0.126 e. The van der Waals surface area contributed by atoms with Gasteiger partial charge in [-0.25, -0.2) is 0 Å². The standard InChI is InChI=1S/C35H40NOP/c1-7-35(8-2,31-23-25(3)22-27(5)33(31)37-24-28-17-11-9-12-18-28)38-34-26(4)16-15-21-30(34)32(36-6)29-19-13-10-14-20-29/h9-23,38H,7-8,24H2,1-6H3. The maximum Gasteiger partial charge on any atom is 0.126 e. The molecule has 1 atom stereocenters. The number of aliphatic imine (C=N–C) groups is 1. The van der Waals surface area contributed by atoms with Gasteiger partial charge in [-0.1, -0.05) is 119 Å². The molecular weight excluding hydrogens is 481 g/mol. The minimum absolute atomic E-state index is 0.0425. The zero-order chi connectivity index (χ0) is 27.1. The van der Waals surface area contributed by atoms with Crippen LogP contribution in [-0.2, 0) is 11.8 Å². The van der Waals surface area contributed by atoms with E-state index in [4.69, 9.17) is 9.73 Å². The molecule has 2 nitrogen and oxygen atoms in total. The van der Waals surface area contributed by atoms with Gasteiger partial charge in [0.25, 0.3) is 0 Å². The molecule has 0 fully saturated rings. The fourth-order valence-electron chi connectivity index (χ4n) is 5.38. The van der Waals surface area contributed by atoms with Gasteiger partial charge >= 0.3 is 0 Å². The van der Waals surface area contributed by atoms with Gasteiger partial charge < -0.3 is 4.74 Å². The average molecular weight is 522 g/mol. The Morgan fingerprint density at radius 3 is 2.08 bits per heavy atom. The quantitative estimate of drug-likeness (QED) is 0.151. The van der Waals surface area contributed by atoms with Crippen LogP contribution in [0.5, 0.6) is 5.75 Å². The van der Waals surface area contributed by atoms with Crippen LogP contribution < -0.4 is 10.0 Å². The molecule has 38 heavy (non-hydrogen) atoms. The topological polar surface area (TPSA) is 21.6 Å². The van der Waals surface area contributed by atoms with Crippen LogP contribution in [0.2, 0.25) is 0 Å². The van der Waals surface area contributed by atoms with Crippen LogP contribution in [-0.4, -0.2) is 12.8 Å². The molecule has 4 aromatic carbocycles. The highest BCUT2D eigenvalue weighted by Gasteiger charge is 2.34. The molecule has 0 aliphatic carbocycles. The molecule has 4 aromatic rings. The highest BCUT2D eigenvalue weighted by molar-refractivity contribution is 7.49. The number of rotatable bonds is 10. The molecule has 0 spiro atoms. The molecule has 0 bridgehead atoms. The summed E-state index contributed by atoms with van der Waals surface area (Å²) in [5, 5.41) is 1.35. The van der Waals surface area contributed by atoms with Gasteiger partial charge in [0.1, 0.15) is 12.4 Å². The fourth-order valence-corrected chi connectivity index (χ4v) is 7.15. The molecule has 0 saturated heterocycles.